The molecule has 0 aromatic carbocycles. The maximum atomic E-state index is 12.2. The van der Waals surface area contributed by atoms with Gasteiger partial charge in [-0.3, -0.25) is 0 Å². The Bertz CT molecular complexity index is 185. The number of hydrogen-bond donors (Lipinski definition) is 1. The largest absolute Gasteiger partial charge is 0.389 e. The van der Waals surface area contributed by atoms with Gasteiger partial charge in [0.15, 0.2) is 0 Å². The first kappa shape index (κ1) is 16.7. The molecule has 0 fully saturated rings. The standard InChI is InChI=1S/C12H24F3NO/c1-4-9-16-11(6-5-10(2)17-3)7-8-12(13,14)15/h10-11,16H,4-9H2,1-3H3. The Morgan fingerprint density at radius 3 is 2.29 bits per heavy atom. The molecule has 104 valence electrons. The molecule has 0 rings (SSSR count). The highest BCUT2D eigenvalue weighted by atomic mass is 19.4. The highest BCUT2D eigenvalue weighted by molar-refractivity contribution is 4.70. The van der Waals surface area contributed by atoms with Crippen molar-refractivity contribution in [1.29, 1.82) is 0 Å². The van der Waals surface area contributed by atoms with E-state index in [1.165, 1.54) is 0 Å². The fourth-order valence-corrected chi connectivity index (χ4v) is 1.59. The van der Waals surface area contributed by atoms with Crippen LogP contribution in [0.5, 0.6) is 0 Å². The molecule has 2 atom stereocenters. The summed E-state index contributed by atoms with van der Waals surface area (Å²) >= 11 is 0. The summed E-state index contributed by atoms with van der Waals surface area (Å²) < 4.78 is 41.6. The first-order chi connectivity index (χ1) is 7.89. The van der Waals surface area contributed by atoms with Crippen molar-refractivity contribution in [3.05, 3.63) is 0 Å². The van der Waals surface area contributed by atoms with E-state index in [0.717, 1.165) is 25.8 Å². The van der Waals surface area contributed by atoms with Crippen LogP contribution in [0, 0.1) is 0 Å². The molecule has 0 aliphatic heterocycles. The van der Waals surface area contributed by atoms with Gasteiger partial charge in [-0.1, -0.05) is 6.92 Å². The Kier molecular flexibility index (Phi) is 8.60. The van der Waals surface area contributed by atoms with Crippen LogP contribution < -0.4 is 5.32 Å². The maximum absolute atomic E-state index is 12.2. The summed E-state index contributed by atoms with van der Waals surface area (Å²) in [5.41, 5.74) is 0. The number of rotatable bonds is 9. The predicted octanol–water partition coefficient (Wildman–Crippen LogP) is 3.51. The lowest BCUT2D eigenvalue weighted by Crippen LogP contribution is -2.32. The first-order valence-electron chi connectivity index (χ1n) is 6.22. The van der Waals surface area contributed by atoms with E-state index in [4.69, 9.17) is 4.74 Å². The lowest BCUT2D eigenvalue weighted by Gasteiger charge is -2.20. The molecule has 5 heteroatoms. The van der Waals surface area contributed by atoms with Crippen molar-refractivity contribution < 1.29 is 17.9 Å². The van der Waals surface area contributed by atoms with Crippen molar-refractivity contribution in [3.63, 3.8) is 0 Å². The van der Waals surface area contributed by atoms with Gasteiger partial charge in [-0.25, -0.2) is 0 Å². The first-order valence-corrected chi connectivity index (χ1v) is 6.22. The molecule has 0 radical (unpaired) electrons. The van der Waals surface area contributed by atoms with Crippen LogP contribution >= 0.6 is 0 Å². The lowest BCUT2D eigenvalue weighted by atomic mass is 10.0. The minimum Gasteiger partial charge on any atom is -0.382 e. The minimum atomic E-state index is -4.06. The molecule has 0 heterocycles. The van der Waals surface area contributed by atoms with Crippen molar-refractivity contribution in [2.24, 2.45) is 0 Å². The molecular weight excluding hydrogens is 231 g/mol. The van der Waals surface area contributed by atoms with Crippen LogP contribution in [0.3, 0.4) is 0 Å². The predicted molar refractivity (Wildman–Crippen MR) is 63.1 cm³/mol. The van der Waals surface area contributed by atoms with E-state index in [1.807, 2.05) is 13.8 Å². The second-order valence-corrected chi connectivity index (χ2v) is 4.43. The molecule has 0 bridgehead atoms. The third kappa shape index (κ3) is 10.6. The molecule has 2 nitrogen and oxygen atoms in total. The molecule has 0 aliphatic carbocycles. The zero-order valence-corrected chi connectivity index (χ0v) is 10.9. The van der Waals surface area contributed by atoms with Gasteiger partial charge in [-0.15, -0.1) is 0 Å². The number of halogens is 3. The Hall–Kier alpha value is -0.290. The molecule has 0 aromatic rings. The molecule has 0 amide bonds. The number of hydrogen-bond acceptors (Lipinski definition) is 2. The van der Waals surface area contributed by atoms with Gasteiger partial charge in [-0.2, -0.15) is 13.2 Å². The van der Waals surface area contributed by atoms with Crippen LogP contribution in [-0.4, -0.2) is 32.0 Å². The number of methoxy groups -OCH3 is 1. The fourth-order valence-electron chi connectivity index (χ4n) is 1.59. The molecule has 17 heavy (non-hydrogen) atoms. The number of nitrogens with one attached hydrogen (secondary N) is 1. The van der Waals surface area contributed by atoms with Gasteiger partial charge in [-0.05, 0) is 39.2 Å². The van der Waals surface area contributed by atoms with Crippen LogP contribution in [0.15, 0.2) is 0 Å². The Morgan fingerprint density at radius 2 is 1.82 bits per heavy atom. The quantitative estimate of drug-likeness (QED) is 0.680. The Labute approximate surface area is 102 Å². The SMILES string of the molecule is CCCNC(CCC(C)OC)CCC(F)(F)F. The molecule has 1 N–H and O–H groups in total. The summed E-state index contributed by atoms with van der Waals surface area (Å²) in [4.78, 5) is 0. The third-order valence-electron chi connectivity index (χ3n) is 2.78. The summed E-state index contributed by atoms with van der Waals surface area (Å²) in [5, 5.41) is 3.17. The minimum absolute atomic E-state index is 0.0609. The molecule has 0 aliphatic rings. The zero-order valence-electron chi connectivity index (χ0n) is 10.9. The normalized spacial score (nSPS) is 15.9. The summed E-state index contributed by atoms with van der Waals surface area (Å²) in [5.74, 6) is 0. The van der Waals surface area contributed by atoms with Crippen LogP contribution in [0.2, 0.25) is 0 Å². The summed E-state index contributed by atoms with van der Waals surface area (Å²) in [6, 6.07) is -0.0609. The highest BCUT2D eigenvalue weighted by Crippen LogP contribution is 2.23. The average molecular weight is 255 g/mol. The van der Waals surface area contributed by atoms with Crippen molar-refractivity contribution in [1.82, 2.24) is 5.32 Å². The Morgan fingerprint density at radius 1 is 1.18 bits per heavy atom. The van der Waals surface area contributed by atoms with Gasteiger partial charge >= 0.3 is 6.18 Å². The number of ether oxygens (including phenoxy) is 1. The highest BCUT2D eigenvalue weighted by Gasteiger charge is 2.28. The van der Waals surface area contributed by atoms with Crippen LogP contribution in [0.25, 0.3) is 0 Å². The fraction of sp³-hybridized carbons (Fsp3) is 1.00. The summed E-state index contributed by atoms with van der Waals surface area (Å²) in [6.45, 7) is 4.70. The van der Waals surface area contributed by atoms with E-state index in [0.29, 0.717) is 0 Å². The van der Waals surface area contributed by atoms with Gasteiger partial charge in [0.2, 0.25) is 0 Å². The Balaban J connectivity index is 3.95. The van der Waals surface area contributed by atoms with E-state index in [-0.39, 0.29) is 18.6 Å². The molecule has 0 saturated heterocycles. The van der Waals surface area contributed by atoms with Crippen molar-refractivity contribution in [3.8, 4) is 0 Å². The topological polar surface area (TPSA) is 21.3 Å². The van der Waals surface area contributed by atoms with Crippen LogP contribution in [-0.2, 0) is 4.74 Å². The van der Waals surface area contributed by atoms with Crippen molar-refractivity contribution in [2.45, 2.75) is 64.3 Å². The number of alkyl halides is 3. The van der Waals surface area contributed by atoms with Crippen molar-refractivity contribution in [2.75, 3.05) is 13.7 Å². The monoisotopic (exact) mass is 255 g/mol. The van der Waals surface area contributed by atoms with E-state index in [2.05, 4.69) is 5.32 Å². The maximum Gasteiger partial charge on any atom is 0.389 e. The van der Waals surface area contributed by atoms with E-state index >= 15 is 0 Å². The second kappa shape index (κ2) is 8.75. The van der Waals surface area contributed by atoms with Crippen molar-refractivity contribution >= 4 is 0 Å². The third-order valence-corrected chi connectivity index (χ3v) is 2.78. The molecule has 0 spiro atoms. The van der Waals surface area contributed by atoms with Crippen LogP contribution in [0.1, 0.15) is 46.0 Å². The van der Waals surface area contributed by atoms with Crippen LogP contribution in [0.4, 0.5) is 13.2 Å². The van der Waals surface area contributed by atoms with Gasteiger partial charge in [0.05, 0.1) is 6.10 Å². The van der Waals surface area contributed by atoms with E-state index in [9.17, 15) is 13.2 Å². The zero-order chi connectivity index (χ0) is 13.3. The smallest absolute Gasteiger partial charge is 0.382 e. The average Bonchev–Trinajstić information content (AvgIpc) is 2.26. The van der Waals surface area contributed by atoms with E-state index < -0.39 is 12.6 Å². The molecule has 2 unspecified atom stereocenters. The van der Waals surface area contributed by atoms with Gasteiger partial charge in [0.1, 0.15) is 0 Å². The molecule has 0 aromatic heterocycles. The molecular formula is C12H24F3NO. The second-order valence-electron chi connectivity index (χ2n) is 4.43. The van der Waals surface area contributed by atoms with Gasteiger partial charge < -0.3 is 10.1 Å². The van der Waals surface area contributed by atoms with E-state index in [1.54, 1.807) is 7.11 Å². The summed E-state index contributed by atoms with van der Waals surface area (Å²) in [6.07, 6.45) is -2.07. The lowest BCUT2D eigenvalue weighted by molar-refractivity contribution is -0.136. The van der Waals surface area contributed by atoms with Gasteiger partial charge in [0.25, 0.3) is 0 Å². The van der Waals surface area contributed by atoms with Gasteiger partial charge in [0, 0.05) is 19.6 Å². The summed E-state index contributed by atoms with van der Waals surface area (Å²) in [7, 11) is 1.62. The molecule has 0 saturated carbocycles.